The van der Waals surface area contributed by atoms with Gasteiger partial charge in [-0.3, -0.25) is 0 Å². The van der Waals surface area contributed by atoms with Gasteiger partial charge in [-0.25, -0.2) is 9.59 Å². The Hall–Kier alpha value is -3.22. The summed E-state index contributed by atoms with van der Waals surface area (Å²) in [6.07, 6.45) is 0. The summed E-state index contributed by atoms with van der Waals surface area (Å²) in [6, 6.07) is 11.6. The zero-order chi connectivity index (χ0) is 20.0. The van der Waals surface area contributed by atoms with Crippen LogP contribution in [0.2, 0.25) is 0 Å². The Bertz CT molecular complexity index is 833. The topological polar surface area (TPSA) is 85.9 Å². The number of methoxy groups -OCH3 is 3. The van der Waals surface area contributed by atoms with E-state index in [-0.39, 0.29) is 0 Å². The summed E-state index contributed by atoms with van der Waals surface area (Å²) in [4.78, 5) is 24.0. The summed E-state index contributed by atoms with van der Waals surface area (Å²) < 4.78 is 15.2. The number of urea groups is 1. The molecule has 7 nitrogen and oxygen atoms in total. The number of ether oxygens (including phenoxy) is 3. The molecule has 7 heteroatoms. The van der Waals surface area contributed by atoms with E-state index >= 15 is 0 Å². The van der Waals surface area contributed by atoms with Crippen LogP contribution in [0.1, 0.15) is 29.8 Å². The lowest BCUT2D eigenvalue weighted by Gasteiger charge is -2.27. The van der Waals surface area contributed by atoms with Crippen molar-refractivity contribution in [3.63, 3.8) is 0 Å². The molecule has 0 fully saturated rings. The maximum Gasteiger partial charge on any atom is 0.337 e. The molecule has 0 heterocycles. The van der Waals surface area contributed by atoms with Crippen molar-refractivity contribution < 1.29 is 23.8 Å². The van der Waals surface area contributed by atoms with Gasteiger partial charge in [-0.2, -0.15) is 0 Å². The summed E-state index contributed by atoms with van der Waals surface area (Å²) in [5.74, 6) is 0.724. The number of anilines is 1. The summed E-state index contributed by atoms with van der Waals surface area (Å²) in [6.45, 7) is 3.75. The van der Waals surface area contributed by atoms with E-state index in [1.807, 2.05) is 26.0 Å². The van der Waals surface area contributed by atoms with Crippen LogP contribution in [0, 0.1) is 0 Å². The van der Waals surface area contributed by atoms with Gasteiger partial charge in [-0.15, -0.1) is 0 Å². The van der Waals surface area contributed by atoms with Crippen molar-refractivity contribution in [3.05, 3.63) is 53.6 Å². The van der Waals surface area contributed by atoms with Gasteiger partial charge in [0, 0.05) is 5.69 Å². The summed E-state index contributed by atoms with van der Waals surface area (Å²) in [5.41, 5.74) is 1.01. The Kier molecular flexibility index (Phi) is 6.28. The van der Waals surface area contributed by atoms with E-state index in [1.54, 1.807) is 44.6 Å². The zero-order valence-electron chi connectivity index (χ0n) is 16.1. The van der Waals surface area contributed by atoms with Gasteiger partial charge in [0.25, 0.3) is 0 Å². The van der Waals surface area contributed by atoms with Crippen molar-refractivity contribution in [1.82, 2.24) is 5.32 Å². The van der Waals surface area contributed by atoms with Crippen molar-refractivity contribution in [2.45, 2.75) is 19.4 Å². The highest BCUT2D eigenvalue weighted by Gasteiger charge is 2.24. The van der Waals surface area contributed by atoms with Crippen LogP contribution in [0.25, 0.3) is 0 Å². The van der Waals surface area contributed by atoms with Gasteiger partial charge >= 0.3 is 12.0 Å². The van der Waals surface area contributed by atoms with Gasteiger partial charge in [0.1, 0.15) is 0 Å². The highest BCUT2D eigenvalue weighted by molar-refractivity contribution is 5.94. The highest BCUT2D eigenvalue weighted by Crippen LogP contribution is 2.32. The quantitative estimate of drug-likeness (QED) is 0.758. The molecule has 0 aliphatic rings. The zero-order valence-corrected chi connectivity index (χ0v) is 16.1. The normalized spacial score (nSPS) is 10.7. The van der Waals surface area contributed by atoms with E-state index < -0.39 is 17.5 Å². The number of nitrogens with one attached hydrogen (secondary N) is 2. The summed E-state index contributed by atoms with van der Waals surface area (Å²) in [5, 5.41) is 5.63. The SMILES string of the molecule is COC(=O)c1cccc(NC(=O)NC(C)(C)c2ccc(OC)c(OC)c2)c1. The fraction of sp³-hybridized carbons (Fsp3) is 0.300. The average Bonchev–Trinajstić information content (AvgIpc) is 2.66. The van der Waals surface area contributed by atoms with Crippen molar-refractivity contribution in [2.24, 2.45) is 0 Å². The highest BCUT2D eigenvalue weighted by atomic mass is 16.5. The molecule has 0 bridgehead atoms. The minimum atomic E-state index is -0.677. The van der Waals surface area contributed by atoms with E-state index in [0.717, 1.165) is 5.56 Å². The molecule has 0 atom stereocenters. The first kappa shape index (κ1) is 20.1. The Morgan fingerprint density at radius 3 is 2.26 bits per heavy atom. The number of benzene rings is 2. The molecule has 0 spiro atoms. The largest absolute Gasteiger partial charge is 0.493 e. The third-order valence-electron chi connectivity index (χ3n) is 4.07. The lowest BCUT2D eigenvalue weighted by atomic mass is 9.94. The minimum absolute atomic E-state index is 0.356. The molecule has 0 unspecified atom stereocenters. The van der Waals surface area contributed by atoms with Crippen LogP contribution in [0.15, 0.2) is 42.5 Å². The second-order valence-corrected chi connectivity index (χ2v) is 6.35. The summed E-state index contributed by atoms with van der Waals surface area (Å²) in [7, 11) is 4.43. The number of carbonyl (C=O) groups is 2. The molecular weight excluding hydrogens is 348 g/mol. The number of hydrogen-bond acceptors (Lipinski definition) is 5. The predicted molar refractivity (Wildman–Crippen MR) is 103 cm³/mol. The Morgan fingerprint density at radius 1 is 0.926 bits per heavy atom. The van der Waals surface area contributed by atoms with Crippen LogP contribution in [-0.4, -0.2) is 33.3 Å². The molecule has 144 valence electrons. The number of amides is 2. The molecule has 2 N–H and O–H groups in total. The lowest BCUT2D eigenvalue weighted by molar-refractivity contribution is 0.0600. The monoisotopic (exact) mass is 372 g/mol. The van der Waals surface area contributed by atoms with Crippen molar-refractivity contribution in [2.75, 3.05) is 26.6 Å². The van der Waals surface area contributed by atoms with Crippen molar-refractivity contribution in [3.8, 4) is 11.5 Å². The van der Waals surface area contributed by atoms with Gasteiger partial charge < -0.3 is 24.8 Å². The molecule has 0 saturated heterocycles. The number of rotatable bonds is 6. The van der Waals surface area contributed by atoms with Crippen LogP contribution in [0.4, 0.5) is 10.5 Å². The average molecular weight is 372 g/mol. The molecule has 2 aromatic rings. The molecule has 27 heavy (non-hydrogen) atoms. The molecule has 0 aliphatic carbocycles. The van der Waals surface area contributed by atoms with E-state index in [1.165, 1.54) is 7.11 Å². The predicted octanol–water partition coefficient (Wildman–Crippen LogP) is 3.55. The standard InChI is InChI=1S/C20H24N2O5/c1-20(2,14-9-10-16(25-3)17(12-14)26-4)22-19(24)21-15-8-6-7-13(11-15)18(23)27-5/h6-12H,1-5H3,(H2,21,22,24). The van der Waals surface area contributed by atoms with Crippen molar-refractivity contribution in [1.29, 1.82) is 0 Å². The van der Waals surface area contributed by atoms with Crippen LogP contribution in [-0.2, 0) is 10.3 Å². The molecular formula is C20H24N2O5. The molecule has 2 aromatic carbocycles. The molecule has 0 aliphatic heterocycles. The van der Waals surface area contributed by atoms with E-state index in [9.17, 15) is 9.59 Å². The first-order valence-corrected chi connectivity index (χ1v) is 8.30. The Morgan fingerprint density at radius 2 is 1.63 bits per heavy atom. The van der Waals surface area contributed by atoms with Gasteiger partial charge in [-0.1, -0.05) is 12.1 Å². The lowest BCUT2D eigenvalue weighted by Crippen LogP contribution is -2.43. The Balaban J connectivity index is 2.13. The first-order chi connectivity index (χ1) is 12.8. The van der Waals surface area contributed by atoms with E-state index in [0.29, 0.717) is 22.7 Å². The molecule has 0 aromatic heterocycles. The fourth-order valence-corrected chi connectivity index (χ4v) is 2.59. The van der Waals surface area contributed by atoms with Crippen LogP contribution < -0.4 is 20.1 Å². The minimum Gasteiger partial charge on any atom is -0.493 e. The van der Waals surface area contributed by atoms with E-state index in [4.69, 9.17) is 9.47 Å². The maximum atomic E-state index is 12.4. The van der Waals surface area contributed by atoms with Crippen LogP contribution >= 0.6 is 0 Å². The third-order valence-corrected chi connectivity index (χ3v) is 4.07. The number of carbonyl (C=O) groups excluding carboxylic acids is 2. The smallest absolute Gasteiger partial charge is 0.337 e. The van der Waals surface area contributed by atoms with Gasteiger partial charge in [0.15, 0.2) is 11.5 Å². The maximum absolute atomic E-state index is 12.4. The third kappa shape index (κ3) is 4.91. The van der Waals surface area contributed by atoms with Crippen LogP contribution in [0.5, 0.6) is 11.5 Å². The fourth-order valence-electron chi connectivity index (χ4n) is 2.59. The first-order valence-electron chi connectivity index (χ1n) is 8.30. The molecule has 0 saturated carbocycles. The summed E-state index contributed by atoms with van der Waals surface area (Å²) >= 11 is 0. The van der Waals surface area contributed by atoms with Gasteiger partial charge in [0.2, 0.25) is 0 Å². The van der Waals surface area contributed by atoms with E-state index in [2.05, 4.69) is 15.4 Å². The molecule has 0 radical (unpaired) electrons. The second-order valence-electron chi connectivity index (χ2n) is 6.35. The second kappa shape index (κ2) is 8.44. The number of esters is 1. The molecule has 2 rings (SSSR count). The Labute approximate surface area is 158 Å². The van der Waals surface area contributed by atoms with Gasteiger partial charge in [-0.05, 0) is 49.7 Å². The van der Waals surface area contributed by atoms with Crippen LogP contribution in [0.3, 0.4) is 0 Å². The molecule has 2 amide bonds. The van der Waals surface area contributed by atoms with Gasteiger partial charge in [0.05, 0.1) is 32.4 Å². The number of hydrogen-bond donors (Lipinski definition) is 2. The van der Waals surface area contributed by atoms with Crippen molar-refractivity contribution >= 4 is 17.7 Å².